The average molecular weight is 525 g/mol. The maximum absolute atomic E-state index is 13.6. The fourth-order valence-electron chi connectivity index (χ4n) is 4.30. The lowest BCUT2D eigenvalue weighted by molar-refractivity contribution is -0.118. The van der Waals surface area contributed by atoms with E-state index in [4.69, 9.17) is 4.74 Å². The minimum atomic E-state index is -0.438. The first-order valence-corrected chi connectivity index (χ1v) is 12.6. The minimum absolute atomic E-state index is 0.216. The van der Waals surface area contributed by atoms with E-state index in [0.29, 0.717) is 45.6 Å². The number of ether oxygens (including phenoxy) is 1. The number of nitrogens with one attached hydrogen (secondary N) is 1. The number of amides is 2. The molecule has 1 N–H and O–H groups in total. The van der Waals surface area contributed by atoms with Gasteiger partial charge in [-0.2, -0.15) is 9.50 Å². The van der Waals surface area contributed by atoms with Crippen LogP contribution in [-0.4, -0.2) is 44.5 Å². The summed E-state index contributed by atoms with van der Waals surface area (Å²) in [7, 11) is 0. The predicted octanol–water partition coefficient (Wildman–Crippen LogP) is 2.51. The topological polar surface area (TPSA) is 119 Å². The summed E-state index contributed by atoms with van der Waals surface area (Å²) < 4.78 is 6.86. The highest BCUT2D eigenvalue weighted by Gasteiger charge is 2.35. The van der Waals surface area contributed by atoms with Gasteiger partial charge in [0.1, 0.15) is 16.8 Å². The Morgan fingerprint density at radius 1 is 1.05 bits per heavy atom. The van der Waals surface area contributed by atoms with Crippen molar-refractivity contribution in [1.82, 2.24) is 19.6 Å². The number of para-hydroxylation sites is 1. The van der Waals surface area contributed by atoms with Gasteiger partial charge in [-0.05, 0) is 49.4 Å². The van der Waals surface area contributed by atoms with Gasteiger partial charge in [-0.3, -0.25) is 24.3 Å². The van der Waals surface area contributed by atoms with Crippen LogP contribution in [0.5, 0.6) is 5.75 Å². The molecule has 2 amide bonds. The van der Waals surface area contributed by atoms with Crippen LogP contribution < -0.4 is 25.0 Å². The summed E-state index contributed by atoms with van der Waals surface area (Å²) in [6.45, 7) is 2.22. The van der Waals surface area contributed by atoms with Crippen LogP contribution >= 0.6 is 11.3 Å². The van der Waals surface area contributed by atoms with Crippen LogP contribution in [0.2, 0.25) is 0 Å². The summed E-state index contributed by atoms with van der Waals surface area (Å²) in [5.41, 5.74) is 2.21. The smallest absolute Gasteiger partial charge is 0.291 e. The van der Waals surface area contributed by atoms with Crippen molar-refractivity contribution in [2.24, 2.45) is 0 Å². The number of hydrogen-bond donors (Lipinski definition) is 1. The highest BCUT2D eigenvalue weighted by molar-refractivity contribution is 7.15. The van der Waals surface area contributed by atoms with E-state index in [-0.39, 0.29) is 22.6 Å². The zero-order valence-corrected chi connectivity index (χ0v) is 20.9. The van der Waals surface area contributed by atoms with Crippen molar-refractivity contribution >= 4 is 45.1 Å². The van der Waals surface area contributed by atoms with Gasteiger partial charge in [-0.15, -0.1) is 5.10 Å². The second kappa shape index (κ2) is 9.52. The Hall–Kier alpha value is -4.90. The van der Waals surface area contributed by atoms with Crippen LogP contribution in [0.25, 0.3) is 21.9 Å². The van der Waals surface area contributed by atoms with Crippen LogP contribution in [0.1, 0.15) is 12.5 Å². The van der Waals surface area contributed by atoms with Gasteiger partial charge < -0.3 is 10.1 Å². The first-order chi connectivity index (χ1) is 18.5. The molecule has 0 bridgehead atoms. The molecule has 10 nitrogen and oxygen atoms in total. The highest BCUT2D eigenvalue weighted by Crippen LogP contribution is 2.35. The van der Waals surface area contributed by atoms with Gasteiger partial charge in [0, 0.05) is 29.2 Å². The summed E-state index contributed by atoms with van der Waals surface area (Å²) >= 11 is 1.09. The van der Waals surface area contributed by atoms with Gasteiger partial charge in [0.25, 0.3) is 11.5 Å². The molecule has 0 unspecified atom stereocenters. The van der Waals surface area contributed by atoms with Gasteiger partial charge in [0.05, 0.1) is 17.9 Å². The summed E-state index contributed by atoms with van der Waals surface area (Å²) in [4.78, 5) is 50.1. The fourth-order valence-corrected chi connectivity index (χ4v) is 5.30. The first kappa shape index (κ1) is 23.5. The number of hydrogen-bond acceptors (Lipinski definition) is 8. The minimum Gasteiger partial charge on any atom is -0.494 e. The highest BCUT2D eigenvalue weighted by atomic mass is 32.1. The molecule has 2 aromatic carbocycles. The van der Waals surface area contributed by atoms with Crippen LogP contribution in [0, 0.1) is 0 Å². The molecule has 0 atom stereocenters. The summed E-state index contributed by atoms with van der Waals surface area (Å²) in [6, 6.07) is 17.7. The van der Waals surface area contributed by atoms with Crippen molar-refractivity contribution in [3.05, 3.63) is 93.5 Å². The number of thiazole rings is 1. The van der Waals surface area contributed by atoms with E-state index in [1.807, 2.05) is 6.92 Å². The van der Waals surface area contributed by atoms with Gasteiger partial charge in [0.2, 0.25) is 10.9 Å². The first-order valence-electron chi connectivity index (χ1n) is 11.8. The Labute approximate surface area is 219 Å². The predicted molar refractivity (Wildman–Crippen MR) is 143 cm³/mol. The fraction of sp³-hybridized carbons (Fsp3) is 0.111. The Morgan fingerprint density at radius 3 is 2.61 bits per heavy atom. The van der Waals surface area contributed by atoms with Crippen molar-refractivity contribution < 1.29 is 14.3 Å². The number of anilines is 2. The Balaban J connectivity index is 1.33. The molecule has 0 aliphatic carbocycles. The van der Waals surface area contributed by atoms with Crippen molar-refractivity contribution in [2.75, 3.05) is 23.4 Å². The van der Waals surface area contributed by atoms with Crippen LogP contribution in [0.4, 0.5) is 11.4 Å². The maximum atomic E-state index is 13.6. The lowest BCUT2D eigenvalue weighted by Gasteiger charge is -2.16. The summed E-state index contributed by atoms with van der Waals surface area (Å²) in [5, 5.41) is 7.15. The molecule has 1 aliphatic rings. The molecular formula is C27H20N6O4S. The molecule has 4 heterocycles. The van der Waals surface area contributed by atoms with Gasteiger partial charge in [-0.1, -0.05) is 29.5 Å². The van der Waals surface area contributed by atoms with E-state index >= 15 is 0 Å². The van der Waals surface area contributed by atoms with Crippen LogP contribution in [0.15, 0.2) is 77.9 Å². The number of carbonyl (C=O) groups is 2. The Morgan fingerprint density at radius 2 is 1.87 bits per heavy atom. The quantitative estimate of drug-likeness (QED) is 0.363. The maximum Gasteiger partial charge on any atom is 0.291 e. The number of carbonyl (C=O) groups excluding carboxylic acids is 2. The molecule has 5 aromatic rings. The van der Waals surface area contributed by atoms with E-state index in [2.05, 4.69) is 20.4 Å². The summed E-state index contributed by atoms with van der Waals surface area (Å²) in [5.74, 6) is 0.279. The number of rotatable bonds is 6. The lowest BCUT2D eigenvalue weighted by atomic mass is 10.1. The number of aromatic nitrogens is 4. The van der Waals surface area contributed by atoms with Crippen LogP contribution in [-0.2, 0) is 9.59 Å². The normalized spacial score (nSPS) is 14.1. The van der Waals surface area contributed by atoms with E-state index < -0.39 is 11.5 Å². The van der Waals surface area contributed by atoms with E-state index in [1.165, 1.54) is 9.42 Å². The van der Waals surface area contributed by atoms with Crippen LogP contribution in [0.3, 0.4) is 0 Å². The third-order valence-corrected chi connectivity index (χ3v) is 7.01. The number of pyridine rings is 1. The molecule has 1 aliphatic heterocycles. The van der Waals surface area contributed by atoms with Crippen molar-refractivity contribution in [3.63, 3.8) is 0 Å². The third-order valence-electron chi connectivity index (χ3n) is 5.98. The molecule has 3 aromatic heterocycles. The van der Waals surface area contributed by atoms with E-state index in [9.17, 15) is 14.4 Å². The lowest BCUT2D eigenvalue weighted by Crippen LogP contribution is -2.37. The molecule has 0 spiro atoms. The standard InChI is InChI=1S/C27H20N6O4S/c1-2-37-18-11-9-17(10-12-18)29-21(34)15-32-20-8-4-3-7-19(20)22(25(32)35)23-26(36)33-27(38-23)30-24(31-33)16-6-5-13-28-14-16/h3-14H,2,15H2,1H3,(H,29,34). The number of nitrogens with zero attached hydrogens (tertiary/aromatic N) is 5. The van der Waals surface area contributed by atoms with Crippen molar-refractivity contribution in [3.8, 4) is 17.1 Å². The molecule has 0 fully saturated rings. The second-order valence-corrected chi connectivity index (χ2v) is 9.37. The SMILES string of the molecule is CCOc1ccc(NC(=O)CN2C(=O)C(=c3sc4nc(-c5cccnc5)nn4c3=O)c3ccccc32)cc1. The van der Waals surface area contributed by atoms with E-state index in [0.717, 1.165) is 11.3 Å². The molecule has 188 valence electrons. The zero-order valence-electron chi connectivity index (χ0n) is 20.1. The molecule has 11 heteroatoms. The molecule has 0 radical (unpaired) electrons. The Kier molecular flexibility index (Phi) is 5.89. The molecule has 0 saturated carbocycles. The number of benzene rings is 2. The summed E-state index contributed by atoms with van der Waals surface area (Å²) in [6.07, 6.45) is 3.26. The molecule has 6 rings (SSSR count). The average Bonchev–Trinajstić information content (AvgIpc) is 3.57. The molecular weight excluding hydrogens is 504 g/mol. The third kappa shape index (κ3) is 4.08. The molecule has 0 saturated heterocycles. The molecule has 38 heavy (non-hydrogen) atoms. The van der Waals surface area contributed by atoms with Gasteiger partial charge in [0.15, 0.2) is 5.82 Å². The van der Waals surface area contributed by atoms with Crippen molar-refractivity contribution in [2.45, 2.75) is 6.92 Å². The van der Waals surface area contributed by atoms with Gasteiger partial charge >= 0.3 is 0 Å². The van der Waals surface area contributed by atoms with Gasteiger partial charge in [-0.25, -0.2) is 0 Å². The second-order valence-electron chi connectivity index (χ2n) is 8.40. The largest absolute Gasteiger partial charge is 0.494 e. The monoisotopic (exact) mass is 524 g/mol. The number of fused-ring (bicyclic) bond motifs is 2. The Bertz CT molecular complexity index is 1800. The zero-order chi connectivity index (χ0) is 26.2. The van der Waals surface area contributed by atoms with Crippen molar-refractivity contribution in [1.29, 1.82) is 0 Å². The van der Waals surface area contributed by atoms with E-state index in [1.54, 1.807) is 73.1 Å².